The van der Waals surface area contributed by atoms with Crippen molar-refractivity contribution >= 4 is 17.4 Å². The summed E-state index contributed by atoms with van der Waals surface area (Å²) in [4.78, 5) is 26.4. The summed E-state index contributed by atoms with van der Waals surface area (Å²) >= 11 is 0. The summed E-state index contributed by atoms with van der Waals surface area (Å²) in [5.74, 6) is 0.304. The zero-order valence-electron chi connectivity index (χ0n) is 11.3. The molecule has 0 bridgehead atoms. The summed E-state index contributed by atoms with van der Waals surface area (Å²) in [5, 5.41) is 13.5. The normalized spacial score (nSPS) is 9.95. The molecule has 0 spiro atoms. The van der Waals surface area contributed by atoms with E-state index in [0.717, 1.165) is 0 Å². The molecule has 0 aliphatic carbocycles. The van der Waals surface area contributed by atoms with Crippen LogP contribution in [0, 0.1) is 10.1 Å². The van der Waals surface area contributed by atoms with Crippen molar-refractivity contribution in [1.82, 2.24) is 4.98 Å². The van der Waals surface area contributed by atoms with E-state index in [-0.39, 0.29) is 17.9 Å². The number of amides is 1. The van der Waals surface area contributed by atoms with Gasteiger partial charge in [0.1, 0.15) is 0 Å². The highest BCUT2D eigenvalue weighted by Gasteiger charge is 2.16. The molecule has 2 rings (SSSR count). The Bertz CT molecular complexity index is 673. The second kappa shape index (κ2) is 6.47. The van der Waals surface area contributed by atoms with Gasteiger partial charge in [0.2, 0.25) is 5.91 Å². The number of nitro groups is 1. The minimum absolute atomic E-state index is 0.0827. The zero-order chi connectivity index (χ0) is 15.2. The molecule has 0 saturated carbocycles. The lowest BCUT2D eigenvalue weighted by atomic mass is 10.1. The van der Waals surface area contributed by atoms with E-state index in [1.165, 1.54) is 19.4 Å². The van der Waals surface area contributed by atoms with Gasteiger partial charge in [0, 0.05) is 17.8 Å². The molecule has 21 heavy (non-hydrogen) atoms. The monoisotopic (exact) mass is 287 g/mol. The number of carbonyl (C=O) groups is 1. The van der Waals surface area contributed by atoms with E-state index in [4.69, 9.17) is 4.74 Å². The standard InChI is InChI=1S/C14H13N3O4/c1-21-12-7-4-8-15-14(12)16-13(18)9-10-5-2-3-6-11(10)17(19)20/h2-8H,9H2,1H3,(H,15,16,18). The Morgan fingerprint density at radius 3 is 2.81 bits per heavy atom. The van der Waals surface area contributed by atoms with Crippen LogP contribution in [-0.2, 0) is 11.2 Å². The number of rotatable bonds is 5. The predicted molar refractivity (Wildman–Crippen MR) is 76.2 cm³/mol. The van der Waals surface area contributed by atoms with Crippen molar-refractivity contribution in [3.05, 3.63) is 58.3 Å². The number of pyridine rings is 1. The highest BCUT2D eigenvalue weighted by Crippen LogP contribution is 2.22. The van der Waals surface area contributed by atoms with Gasteiger partial charge in [0.15, 0.2) is 11.6 Å². The van der Waals surface area contributed by atoms with Crippen LogP contribution in [0.4, 0.5) is 11.5 Å². The topological polar surface area (TPSA) is 94.4 Å². The first kappa shape index (κ1) is 14.4. The lowest BCUT2D eigenvalue weighted by Crippen LogP contribution is -2.16. The van der Waals surface area contributed by atoms with Crippen molar-refractivity contribution in [1.29, 1.82) is 0 Å². The molecule has 1 aromatic carbocycles. The van der Waals surface area contributed by atoms with Crippen molar-refractivity contribution in [3.63, 3.8) is 0 Å². The summed E-state index contributed by atoms with van der Waals surface area (Å²) in [5.41, 5.74) is 0.260. The molecule has 0 aliphatic heterocycles. The molecule has 108 valence electrons. The average Bonchev–Trinajstić information content (AvgIpc) is 2.48. The van der Waals surface area contributed by atoms with Crippen molar-refractivity contribution in [2.45, 2.75) is 6.42 Å². The maximum atomic E-state index is 12.0. The summed E-state index contributed by atoms with van der Waals surface area (Å²) in [6.45, 7) is 0. The Morgan fingerprint density at radius 1 is 1.33 bits per heavy atom. The molecule has 7 heteroatoms. The van der Waals surface area contributed by atoms with Gasteiger partial charge in [-0.3, -0.25) is 14.9 Å². The second-order valence-corrected chi connectivity index (χ2v) is 4.17. The maximum Gasteiger partial charge on any atom is 0.273 e. The number of anilines is 1. The number of nitro benzene ring substituents is 1. The lowest BCUT2D eigenvalue weighted by Gasteiger charge is -2.08. The largest absolute Gasteiger partial charge is 0.493 e. The number of para-hydroxylation sites is 1. The fourth-order valence-electron chi connectivity index (χ4n) is 1.84. The number of aromatic nitrogens is 1. The second-order valence-electron chi connectivity index (χ2n) is 4.17. The van der Waals surface area contributed by atoms with E-state index in [9.17, 15) is 14.9 Å². The summed E-state index contributed by atoms with van der Waals surface area (Å²) in [7, 11) is 1.47. The van der Waals surface area contributed by atoms with Crippen LogP contribution >= 0.6 is 0 Å². The fourth-order valence-corrected chi connectivity index (χ4v) is 1.84. The minimum atomic E-state index is -0.510. The third-order valence-electron chi connectivity index (χ3n) is 2.79. The lowest BCUT2D eigenvalue weighted by molar-refractivity contribution is -0.385. The molecule has 1 N–H and O–H groups in total. The predicted octanol–water partition coefficient (Wildman–Crippen LogP) is 2.18. The number of nitrogens with one attached hydrogen (secondary N) is 1. The number of carbonyl (C=O) groups excluding carboxylic acids is 1. The first-order valence-corrected chi connectivity index (χ1v) is 6.13. The molecule has 1 heterocycles. The molecule has 2 aromatic rings. The molecule has 0 aliphatic rings. The van der Waals surface area contributed by atoms with Crippen LogP contribution in [0.2, 0.25) is 0 Å². The van der Waals surface area contributed by atoms with E-state index in [0.29, 0.717) is 11.3 Å². The van der Waals surface area contributed by atoms with Gasteiger partial charge >= 0.3 is 0 Å². The number of methoxy groups -OCH3 is 1. The van der Waals surface area contributed by atoms with Crippen LogP contribution in [-0.4, -0.2) is 22.9 Å². The van der Waals surface area contributed by atoms with E-state index < -0.39 is 10.8 Å². The Kier molecular flexibility index (Phi) is 4.45. The van der Waals surface area contributed by atoms with Gasteiger partial charge in [-0.25, -0.2) is 4.98 Å². The van der Waals surface area contributed by atoms with Crippen molar-refractivity contribution < 1.29 is 14.5 Å². The number of hydrogen-bond acceptors (Lipinski definition) is 5. The highest BCUT2D eigenvalue weighted by molar-refractivity contribution is 5.93. The third kappa shape index (κ3) is 3.53. The zero-order valence-corrected chi connectivity index (χ0v) is 11.3. The van der Waals surface area contributed by atoms with E-state index in [2.05, 4.69) is 10.3 Å². The van der Waals surface area contributed by atoms with Gasteiger partial charge < -0.3 is 10.1 Å². The van der Waals surface area contributed by atoms with E-state index in [1.807, 2.05) is 0 Å². The van der Waals surface area contributed by atoms with Gasteiger partial charge in [0.05, 0.1) is 18.5 Å². The van der Waals surface area contributed by atoms with Crippen LogP contribution in [0.25, 0.3) is 0 Å². The van der Waals surface area contributed by atoms with Gasteiger partial charge in [-0.15, -0.1) is 0 Å². The molecule has 0 atom stereocenters. The third-order valence-corrected chi connectivity index (χ3v) is 2.79. The summed E-state index contributed by atoms with van der Waals surface area (Å²) < 4.78 is 5.07. The number of ether oxygens (including phenoxy) is 1. The van der Waals surface area contributed by atoms with Gasteiger partial charge in [-0.2, -0.15) is 0 Å². The summed E-state index contributed by atoms with van der Waals surface area (Å²) in [6, 6.07) is 9.46. The quantitative estimate of drug-likeness (QED) is 0.671. The van der Waals surface area contributed by atoms with E-state index >= 15 is 0 Å². The highest BCUT2D eigenvalue weighted by atomic mass is 16.6. The molecule has 1 aromatic heterocycles. The molecule has 1 amide bonds. The van der Waals surface area contributed by atoms with Crippen LogP contribution in [0.1, 0.15) is 5.56 Å². The van der Waals surface area contributed by atoms with Crippen molar-refractivity contribution in [2.75, 3.05) is 12.4 Å². The maximum absolute atomic E-state index is 12.0. The number of hydrogen-bond donors (Lipinski definition) is 1. The molecular weight excluding hydrogens is 274 g/mol. The van der Waals surface area contributed by atoms with E-state index in [1.54, 1.807) is 30.3 Å². The van der Waals surface area contributed by atoms with Crippen LogP contribution in [0.15, 0.2) is 42.6 Å². The SMILES string of the molecule is COc1cccnc1NC(=O)Cc1ccccc1[N+](=O)[O-]. The Hall–Kier alpha value is -2.96. The van der Waals surface area contributed by atoms with Gasteiger partial charge in [-0.1, -0.05) is 18.2 Å². The van der Waals surface area contributed by atoms with Crippen LogP contribution in [0.5, 0.6) is 5.75 Å². The molecule has 0 radical (unpaired) electrons. The van der Waals surface area contributed by atoms with Crippen LogP contribution in [0.3, 0.4) is 0 Å². The fraction of sp³-hybridized carbons (Fsp3) is 0.143. The minimum Gasteiger partial charge on any atom is -0.493 e. The number of nitrogens with zero attached hydrogens (tertiary/aromatic N) is 2. The average molecular weight is 287 g/mol. The Labute approximate surface area is 120 Å². The van der Waals surface area contributed by atoms with Crippen LogP contribution < -0.4 is 10.1 Å². The number of benzene rings is 1. The Morgan fingerprint density at radius 2 is 2.10 bits per heavy atom. The molecule has 0 fully saturated rings. The first-order valence-electron chi connectivity index (χ1n) is 6.13. The summed E-state index contributed by atoms with van der Waals surface area (Å²) in [6.07, 6.45) is 1.40. The molecule has 7 nitrogen and oxygen atoms in total. The molecule has 0 unspecified atom stereocenters. The Balaban J connectivity index is 2.14. The first-order chi connectivity index (χ1) is 10.1. The molecule has 0 saturated heterocycles. The van der Waals surface area contributed by atoms with Crippen molar-refractivity contribution in [2.24, 2.45) is 0 Å². The smallest absolute Gasteiger partial charge is 0.273 e. The molecular formula is C14H13N3O4. The van der Waals surface area contributed by atoms with Crippen molar-refractivity contribution in [3.8, 4) is 5.75 Å². The van der Waals surface area contributed by atoms with Gasteiger partial charge in [-0.05, 0) is 12.1 Å². The van der Waals surface area contributed by atoms with Gasteiger partial charge in [0.25, 0.3) is 5.69 Å².